The largest absolute Gasteiger partial charge is 0.198 e. The maximum atomic E-state index is 9.23. The van der Waals surface area contributed by atoms with Gasteiger partial charge in [-0.25, -0.2) is 0 Å². The Kier molecular flexibility index (Phi) is 4.02. The molecule has 0 atom stereocenters. The molecule has 0 unspecified atom stereocenters. The summed E-state index contributed by atoms with van der Waals surface area (Å²) in [6.07, 6.45) is 2.71. The van der Waals surface area contributed by atoms with Crippen molar-refractivity contribution < 1.29 is 0 Å². The molecule has 0 fully saturated rings. The topological polar surface area (TPSA) is 53.2 Å². The highest BCUT2D eigenvalue weighted by Crippen LogP contribution is 1.77. The molecule has 0 amide bonds. The highest BCUT2D eigenvalue weighted by atomic mass is 16.2. The fraction of sp³-hybridized carbons (Fsp3) is 0.250. The van der Waals surface area contributed by atoms with Crippen LogP contribution in [0.3, 0.4) is 0 Å². The van der Waals surface area contributed by atoms with Crippen molar-refractivity contribution in [2.75, 3.05) is 0 Å². The van der Waals surface area contributed by atoms with E-state index in [2.05, 4.69) is 5.18 Å². The maximum Gasteiger partial charge on any atom is 0.0685 e. The van der Waals surface area contributed by atoms with Crippen molar-refractivity contribution in [1.29, 1.82) is 5.26 Å². The zero-order valence-electron chi connectivity index (χ0n) is 3.66. The molecule has 0 aliphatic carbocycles. The molecule has 0 spiro atoms. The number of allylic oxidation sites excluding steroid dienone is 1. The van der Waals surface area contributed by atoms with Gasteiger partial charge in [0.25, 0.3) is 0 Å². The van der Waals surface area contributed by atoms with Crippen LogP contribution >= 0.6 is 0 Å². The summed E-state index contributed by atoms with van der Waals surface area (Å²) in [4.78, 5) is 9.23. The van der Waals surface area contributed by atoms with E-state index in [9.17, 15) is 4.91 Å². The predicted molar refractivity (Wildman–Crippen MR) is 25.2 cm³/mol. The number of nitriles is 1. The van der Waals surface area contributed by atoms with Gasteiger partial charge in [0.05, 0.1) is 18.7 Å². The van der Waals surface area contributed by atoms with Gasteiger partial charge < -0.3 is 0 Å². The van der Waals surface area contributed by atoms with Crippen LogP contribution in [0.5, 0.6) is 0 Å². The smallest absolute Gasteiger partial charge is 0.0685 e. The molecule has 0 aromatic heterocycles. The number of nitrogens with zero attached hydrogens (tertiary/aromatic N) is 2. The van der Waals surface area contributed by atoms with Crippen LogP contribution in [0.4, 0.5) is 0 Å². The summed E-state index contributed by atoms with van der Waals surface area (Å²) < 4.78 is 0. The second-order valence-electron chi connectivity index (χ2n) is 0.852. The lowest BCUT2D eigenvalue weighted by Gasteiger charge is -1.62. The minimum Gasteiger partial charge on any atom is -0.198 e. The molecule has 0 bridgehead atoms. The highest BCUT2D eigenvalue weighted by molar-refractivity contribution is 4.88. The van der Waals surface area contributed by atoms with E-state index < -0.39 is 0 Å². The molecule has 3 nitrogen and oxygen atoms in total. The van der Waals surface area contributed by atoms with Crippen LogP contribution in [-0.2, 0) is 0 Å². The van der Waals surface area contributed by atoms with E-state index in [0.29, 0.717) is 0 Å². The van der Waals surface area contributed by atoms with E-state index in [4.69, 9.17) is 5.26 Å². The van der Waals surface area contributed by atoms with Crippen LogP contribution in [0.1, 0.15) is 6.42 Å². The fourth-order valence-electron chi connectivity index (χ4n) is 0.148. The Morgan fingerprint density at radius 1 is 1.86 bits per heavy atom. The van der Waals surface area contributed by atoms with Crippen molar-refractivity contribution in [1.82, 2.24) is 0 Å². The summed E-state index contributed by atoms with van der Waals surface area (Å²) in [6, 6.07) is 1.82. The van der Waals surface area contributed by atoms with Gasteiger partial charge in [0.15, 0.2) is 0 Å². The van der Waals surface area contributed by atoms with E-state index in [1.165, 1.54) is 6.08 Å². The zero-order valence-corrected chi connectivity index (χ0v) is 3.66. The molecule has 0 saturated carbocycles. The van der Waals surface area contributed by atoms with Gasteiger partial charge >= 0.3 is 0 Å². The summed E-state index contributed by atoms with van der Waals surface area (Å²) in [6.45, 7) is 0. The van der Waals surface area contributed by atoms with Gasteiger partial charge in [0.2, 0.25) is 0 Å². The van der Waals surface area contributed by atoms with Gasteiger partial charge in [-0.3, -0.25) is 0 Å². The van der Waals surface area contributed by atoms with Crippen molar-refractivity contribution in [3.63, 3.8) is 0 Å². The van der Waals surface area contributed by atoms with Crippen LogP contribution in [0, 0.1) is 16.2 Å². The molecule has 0 saturated heterocycles. The van der Waals surface area contributed by atoms with E-state index in [1.54, 1.807) is 0 Å². The van der Waals surface area contributed by atoms with Gasteiger partial charge in [0, 0.05) is 0 Å². The van der Waals surface area contributed by atoms with Crippen LogP contribution in [0.25, 0.3) is 0 Å². The van der Waals surface area contributed by atoms with Gasteiger partial charge in [0.1, 0.15) is 0 Å². The van der Waals surface area contributed by atoms with Crippen LogP contribution in [-0.4, -0.2) is 0 Å². The molecule has 0 aliphatic rings. The summed E-state index contributed by atoms with van der Waals surface area (Å²) in [5.41, 5.74) is 0. The quantitative estimate of drug-likeness (QED) is 0.484. The van der Waals surface area contributed by atoms with E-state index in [0.717, 1.165) is 6.20 Å². The van der Waals surface area contributed by atoms with Crippen molar-refractivity contribution >= 4 is 0 Å². The molecule has 7 heavy (non-hydrogen) atoms. The average molecular weight is 96.1 g/mol. The third-order valence-corrected chi connectivity index (χ3v) is 0.375. The van der Waals surface area contributed by atoms with E-state index in [1.807, 2.05) is 6.07 Å². The molecule has 0 rings (SSSR count). The molecule has 3 heteroatoms. The third-order valence-electron chi connectivity index (χ3n) is 0.375. The molecule has 0 heterocycles. The third kappa shape index (κ3) is 4.83. The van der Waals surface area contributed by atoms with Crippen LogP contribution < -0.4 is 0 Å². The van der Waals surface area contributed by atoms with Gasteiger partial charge in [-0.1, -0.05) is 0 Å². The normalized spacial score (nSPS) is 8.43. The van der Waals surface area contributed by atoms with Gasteiger partial charge in [-0.15, -0.1) is 4.91 Å². The second-order valence-corrected chi connectivity index (χ2v) is 0.852. The first kappa shape index (κ1) is 5.83. The molecule has 0 aliphatic heterocycles. The predicted octanol–water partition coefficient (Wildman–Crippen LogP) is 1.18. The van der Waals surface area contributed by atoms with Crippen LogP contribution in [0.2, 0.25) is 0 Å². The first-order valence-electron chi connectivity index (χ1n) is 1.76. The Labute approximate surface area is 41.2 Å². The lowest BCUT2D eigenvalue weighted by molar-refractivity contribution is 1.33. The fourth-order valence-corrected chi connectivity index (χ4v) is 0.148. The Balaban J connectivity index is 3.13. The van der Waals surface area contributed by atoms with Crippen molar-refractivity contribution in [2.24, 2.45) is 5.18 Å². The van der Waals surface area contributed by atoms with E-state index in [-0.39, 0.29) is 6.42 Å². The standard InChI is InChI=1S/C4H4N2O/c5-3-1-2-4-6-7/h2,4H,1H2. The summed E-state index contributed by atoms with van der Waals surface area (Å²) in [7, 11) is 0. The number of rotatable bonds is 2. The number of nitroso groups, excluding NO2 is 1. The molecule has 0 aromatic carbocycles. The summed E-state index contributed by atoms with van der Waals surface area (Å²) in [5, 5.41) is 10.2. The van der Waals surface area contributed by atoms with Crippen LogP contribution in [0.15, 0.2) is 17.5 Å². The zero-order chi connectivity index (χ0) is 5.54. The first-order chi connectivity index (χ1) is 3.41. The molecular weight excluding hydrogens is 92.1 g/mol. The van der Waals surface area contributed by atoms with Crippen molar-refractivity contribution in [3.05, 3.63) is 17.2 Å². The Morgan fingerprint density at radius 2 is 2.57 bits per heavy atom. The molecular formula is C4H4N2O. The summed E-state index contributed by atoms with van der Waals surface area (Å²) >= 11 is 0. The number of hydrogen-bond donors (Lipinski definition) is 0. The first-order valence-corrected chi connectivity index (χ1v) is 1.76. The molecule has 0 radical (unpaired) electrons. The molecule has 36 valence electrons. The molecule has 0 N–H and O–H groups in total. The van der Waals surface area contributed by atoms with E-state index >= 15 is 0 Å². The summed E-state index contributed by atoms with van der Waals surface area (Å²) in [5.74, 6) is 0. The minimum absolute atomic E-state index is 0.256. The average Bonchev–Trinajstić information content (AvgIpc) is 1.69. The Morgan fingerprint density at radius 3 is 3.00 bits per heavy atom. The monoisotopic (exact) mass is 96.0 g/mol. The van der Waals surface area contributed by atoms with Crippen molar-refractivity contribution in [2.45, 2.75) is 6.42 Å². The SMILES string of the molecule is N#CCC=CN=O. The van der Waals surface area contributed by atoms with Gasteiger partial charge in [-0.2, -0.15) is 5.26 Å². The highest BCUT2D eigenvalue weighted by Gasteiger charge is 1.65. The number of hydrogen-bond acceptors (Lipinski definition) is 3. The molecule has 0 aromatic rings. The lowest BCUT2D eigenvalue weighted by Crippen LogP contribution is -1.51. The Bertz CT molecular complexity index is 111. The van der Waals surface area contributed by atoms with Crippen molar-refractivity contribution in [3.8, 4) is 6.07 Å². The Hall–Kier alpha value is -1.17. The minimum atomic E-state index is 0.256. The lowest BCUT2D eigenvalue weighted by atomic mass is 10.5. The maximum absolute atomic E-state index is 9.23. The second kappa shape index (κ2) is 4.83. The van der Waals surface area contributed by atoms with Gasteiger partial charge in [-0.05, 0) is 11.3 Å².